The highest BCUT2D eigenvalue weighted by Crippen LogP contribution is 2.19. The average molecular weight is 269 g/mol. The minimum absolute atomic E-state index is 0. The largest absolute Gasteiger partial charge is 0.378 e. The summed E-state index contributed by atoms with van der Waals surface area (Å²) in [6, 6.07) is 3.69. The van der Waals surface area contributed by atoms with Crippen LogP contribution in [0.4, 0.5) is 0 Å². The molecule has 0 radical (unpaired) electrons. The van der Waals surface area contributed by atoms with Gasteiger partial charge in [-0.15, -0.1) is 12.4 Å². The zero-order valence-corrected chi connectivity index (χ0v) is 10.4. The van der Waals surface area contributed by atoms with Crippen molar-refractivity contribution in [2.24, 2.45) is 0 Å². The van der Waals surface area contributed by atoms with Crippen LogP contribution in [-0.4, -0.2) is 34.9 Å². The molecule has 0 spiro atoms. The summed E-state index contributed by atoms with van der Waals surface area (Å²) in [6.45, 7) is 2.09. The molecule has 0 aliphatic carbocycles. The van der Waals surface area contributed by atoms with Crippen LogP contribution in [0.15, 0.2) is 29.0 Å². The molecule has 18 heavy (non-hydrogen) atoms. The number of hydrogen-bond donors (Lipinski definition) is 1. The van der Waals surface area contributed by atoms with Crippen molar-refractivity contribution in [3.63, 3.8) is 0 Å². The third kappa shape index (κ3) is 2.66. The first-order valence-electron chi connectivity index (χ1n) is 5.48. The number of halogens is 1. The number of aromatic nitrogens is 3. The molecule has 1 N–H and O–H groups in total. The molecule has 7 heteroatoms. The van der Waals surface area contributed by atoms with Crippen LogP contribution >= 0.6 is 12.4 Å². The summed E-state index contributed by atoms with van der Waals surface area (Å²) in [6.07, 6.45) is 3.40. The van der Waals surface area contributed by atoms with Gasteiger partial charge in [-0.3, -0.25) is 4.98 Å². The van der Waals surface area contributed by atoms with E-state index in [4.69, 9.17) is 9.26 Å². The Balaban J connectivity index is 0.00000120. The molecule has 3 rings (SSSR count). The SMILES string of the molecule is Cl.c1cc(-c2noc(C3COCCN3)n2)ccn1. The number of ether oxygens (including phenoxy) is 1. The van der Waals surface area contributed by atoms with E-state index in [1.807, 2.05) is 12.1 Å². The van der Waals surface area contributed by atoms with Crippen molar-refractivity contribution in [2.75, 3.05) is 19.8 Å². The Morgan fingerprint density at radius 1 is 1.28 bits per heavy atom. The van der Waals surface area contributed by atoms with E-state index in [0.29, 0.717) is 18.3 Å². The van der Waals surface area contributed by atoms with Gasteiger partial charge in [0, 0.05) is 24.5 Å². The lowest BCUT2D eigenvalue weighted by Gasteiger charge is -2.20. The fourth-order valence-corrected chi connectivity index (χ4v) is 1.72. The Labute approximate surface area is 110 Å². The van der Waals surface area contributed by atoms with E-state index in [1.165, 1.54) is 0 Å². The molecule has 1 atom stereocenters. The topological polar surface area (TPSA) is 73.1 Å². The van der Waals surface area contributed by atoms with Crippen molar-refractivity contribution in [2.45, 2.75) is 6.04 Å². The molecule has 0 amide bonds. The number of morpholine rings is 1. The van der Waals surface area contributed by atoms with E-state index >= 15 is 0 Å². The summed E-state index contributed by atoms with van der Waals surface area (Å²) in [5.74, 6) is 1.14. The summed E-state index contributed by atoms with van der Waals surface area (Å²) >= 11 is 0. The van der Waals surface area contributed by atoms with E-state index < -0.39 is 0 Å². The summed E-state index contributed by atoms with van der Waals surface area (Å²) in [7, 11) is 0. The van der Waals surface area contributed by atoms with Crippen molar-refractivity contribution in [3.05, 3.63) is 30.4 Å². The monoisotopic (exact) mass is 268 g/mol. The predicted molar refractivity (Wildman–Crippen MR) is 66.3 cm³/mol. The molecule has 6 nitrogen and oxygen atoms in total. The van der Waals surface area contributed by atoms with Crippen LogP contribution < -0.4 is 5.32 Å². The zero-order chi connectivity index (χ0) is 11.5. The fourth-order valence-electron chi connectivity index (χ4n) is 1.72. The highest BCUT2D eigenvalue weighted by atomic mass is 35.5. The number of nitrogens with one attached hydrogen (secondary N) is 1. The van der Waals surface area contributed by atoms with Crippen molar-refractivity contribution >= 4 is 12.4 Å². The van der Waals surface area contributed by atoms with Gasteiger partial charge in [-0.05, 0) is 12.1 Å². The highest BCUT2D eigenvalue weighted by molar-refractivity contribution is 5.85. The molecule has 0 bridgehead atoms. The van der Waals surface area contributed by atoms with E-state index in [9.17, 15) is 0 Å². The standard InChI is InChI=1S/C11H12N4O2.ClH/c1-3-12-4-2-8(1)10-14-11(17-15-10)9-7-16-6-5-13-9;/h1-4,9,13H,5-7H2;1H. The molecular formula is C11H13ClN4O2. The second-order valence-electron chi connectivity index (χ2n) is 3.77. The quantitative estimate of drug-likeness (QED) is 0.883. The lowest BCUT2D eigenvalue weighted by atomic mass is 10.2. The van der Waals surface area contributed by atoms with Gasteiger partial charge in [0.05, 0.1) is 13.2 Å². The maximum Gasteiger partial charge on any atom is 0.246 e. The van der Waals surface area contributed by atoms with Crippen LogP contribution in [0.1, 0.15) is 11.9 Å². The normalized spacial score (nSPS) is 19.2. The highest BCUT2D eigenvalue weighted by Gasteiger charge is 2.21. The summed E-state index contributed by atoms with van der Waals surface area (Å²) in [5.41, 5.74) is 0.895. The number of pyridine rings is 1. The Kier molecular flexibility index (Phi) is 4.24. The third-order valence-electron chi connectivity index (χ3n) is 2.60. The smallest absolute Gasteiger partial charge is 0.246 e. The Bertz CT molecular complexity index is 485. The van der Waals surface area contributed by atoms with Crippen molar-refractivity contribution in [1.82, 2.24) is 20.4 Å². The lowest BCUT2D eigenvalue weighted by molar-refractivity contribution is 0.0659. The van der Waals surface area contributed by atoms with E-state index in [2.05, 4.69) is 20.4 Å². The van der Waals surface area contributed by atoms with Crippen LogP contribution in [0.3, 0.4) is 0 Å². The molecule has 0 saturated carbocycles. The van der Waals surface area contributed by atoms with E-state index in [-0.39, 0.29) is 18.4 Å². The van der Waals surface area contributed by atoms with Gasteiger partial charge in [0.25, 0.3) is 0 Å². The van der Waals surface area contributed by atoms with Crippen LogP contribution in [-0.2, 0) is 4.74 Å². The average Bonchev–Trinajstić information content (AvgIpc) is 2.90. The first kappa shape index (κ1) is 12.9. The second kappa shape index (κ2) is 5.90. The molecule has 2 aromatic heterocycles. The summed E-state index contributed by atoms with van der Waals surface area (Å²) in [4.78, 5) is 8.31. The second-order valence-corrected chi connectivity index (χ2v) is 3.77. The molecule has 96 valence electrons. The van der Waals surface area contributed by atoms with Gasteiger partial charge in [0.1, 0.15) is 6.04 Å². The van der Waals surface area contributed by atoms with E-state index in [0.717, 1.165) is 18.7 Å². The third-order valence-corrected chi connectivity index (χ3v) is 2.60. The number of rotatable bonds is 2. The lowest BCUT2D eigenvalue weighted by Crippen LogP contribution is -2.34. The molecule has 1 aliphatic rings. The zero-order valence-electron chi connectivity index (χ0n) is 9.57. The fraction of sp³-hybridized carbons (Fsp3) is 0.364. The molecule has 2 aromatic rings. The first-order valence-corrected chi connectivity index (χ1v) is 5.48. The predicted octanol–water partition coefficient (Wildman–Crippen LogP) is 1.21. The minimum Gasteiger partial charge on any atom is -0.378 e. The Hall–Kier alpha value is -1.50. The van der Waals surface area contributed by atoms with Gasteiger partial charge in [-0.1, -0.05) is 5.16 Å². The summed E-state index contributed by atoms with van der Waals surface area (Å²) < 4.78 is 10.6. The minimum atomic E-state index is -0.00756. The van der Waals surface area contributed by atoms with Gasteiger partial charge in [0.15, 0.2) is 0 Å². The molecular weight excluding hydrogens is 256 g/mol. The van der Waals surface area contributed by atoms with Crippen molar-refractivity contribution in [3.8, 4) is 11.4 Å². The molecule has 1 fully saturated rings. The van der Waals surface area contributed by atoms with Gasteiger partial charge in [-0.25, -0.2) is 0 Å². The van der Waals surface area contributed by atoms with Gasteiger partial charge >= 0.3 is 0 Å². The molecule has 1 aliphatic heterocycles. The first-order chi connectivity index (χ1) is 8.43. The van der Waals surface area contributed by atoms with Crippen molar-refractivity contribution in [1.29, 1.82) is 0 Å². The van der Waals surface area contributed by atoms with Gasteiger partial charge < -0.3 is 14.6 Å². The van der Waals surface area contributed by atoms with Crippen LogP contribution in [0.2, 0.25) is 0 Å². The maximum absolute atomic E-state index is 5.35. The molecule has 0 aromatic carbocycles. The molecule has 3 heterocycles. The van der Waals surface area contributed by atoms with Gasteiger partial charge in [-0.2, -0.15) is 4.98 Å². The Morgan fingerprint density at radius 2 is 2.11 bits per heavy atom. The van der Waals surface area contributed by atoms with Crippen molar-refractivity contribution < 1.29 is 9.26 Å². The molecule has 1 saturated heterocycles. The maximum atomic E-state index is 5.35. The van der Waals surface area contributed by atoms with E-state index in [1.54, 1.807) is 12.4 Å². The van der Waals surface area contributed by atoms with Crippen LogP contribution in [0, 0.1) is 0 Å². The molecule has 1 unspecified atom stereocenters. The number of hydrogen-bond acceptors (Lipinski definition) is 6. The Morgan fingerprint density at radius 3 is 2.83 bits per heavy atom. The van der Waals surface area contributed by atoms with Gasteiger partial charge in [0.2, 0.25) is 11.7 Å². The van der Waals surface area contributed by atoms with Crippen LogP contribution in [0.5, 0.6) is 0 Å². The number of nitrogens with zero attached hydrogens (tertiary/aromatic N) is 3. The van der Waals surface area contributed by atoms with Crippen LogP contribution in [0.25, 0.3) is 11.4 Å². The summed E-state index contributed by atoms with van der Waals surface area (Å²) in [5, 5.41) is 7.22.